The van der Waals surface area contributed by atoms with E-state index in [9.17, 15) is 4.79 Å². The fourth-order valence-electron chi connectivity index (χ4n) is 2.57. The van der Waals surface area contributed by atoms with Crippen molar-refractivity contribution in [1.29, 1.82) is 0 Å². The maximum absolute atomic E-state index is 12.2. The molecule has 1 aliphatic rings. The van der Waals surface area contributed by atoms with Gasteiger partial charge in [-0.15, -0.1) is 0 Å². The number of aryl methyl sites for hydroxylation is 1. The Kier molecular flexibility index (Phi) is 4.37. The van der Waals surface area contributed by atoms with Crippen molar-refractivity contribution in [2.24, 2.45) is 5.92 Å². The van der Waals surface area contributed by atoms with E-state index in [1.54, 1.807) is 0 Å². The largest absolute Gasteiger partial charge is 0.349 e. The molecule has 3 heteroatoms. The zero-order chi connectivity index (χ0) is 13.0. The van der Waals surface area contributed by atoms with Crippen LogP contribution in [0.2, 0.25) is 0 Å². The predicted molar refractivity (Wildman–Crippen MR) is 73.3 cm³/mol. The summed E-state index contributed by atoms with van der Waals surface area (Å²) in [5.74, 6) is 0.380. The molecular weight excluding hydrogens is 224 g/mol. The topological polar surface area (TPSA) is 41.1 Å². The standard InChI is InChI=1S/C15H22N2O/c1-11-5-3-4-6-14(11)12(2)17-15(18)13-7-9-16-10-8-13/h3-6,12-13,16H,7-10H2,1-2H3,(H,17,18)/t12-/m1/s1. The van der Waals surface area contributed by atoms with Gasteiger partial charge >= 0.3 is 0 Å². The van der Waals surface area contributed by atoms with Crippen LogP contribution in [0.25, 0.3) is 0 Å². The van der Waals surface area contributed by atoms with Gasteiger partial charge in [-0.2, -0.15) is 0 Å². The van der Waals surface area contributed by atoms with Crippen molar-refractivity contribution in [1.82, 2.24) is 10.6 Å². The van der Waals surface area contributed by atoms with Gasteiger partial charge in [0.15, 0.2) is 0 Å². The molecule has 0 saturated carbocycles. The molecule has 1 saturated heterocycles. The first-order chi connectivity index (χ1) is 8.68. The van der Waals surface area contributed by atoms with Crippen LogP contribution in [0.4, 0.5) is 0 Å². The number of hydrogen-bond acceptors (Lipinski definition) is 2. The van der Waals surface area contributed by atoms with Crippen LogP contribution in [0, 0.1) is 12.8 Å². The van der Waals surface area contributed by atoms with Gasteiger partial charge in [-0.25, -0.2) is 0 Å². The maximum atomic E-state index is 12.2. The van der Waals surface area contributed by atoms with Crippen LogP contribution in [0.1, 0.15) is 36.9 Å². The molecule has 98 valence electrons. The minimum absolute atomic E-state index is 0.0913. The monoisotopic (exact) mass is 246 g/mol. The number of rotatable bonds is 3. The molecule has 0 aromatic heterocycles. The molecule has 18 heavy (non-hydrogen) atoms. The minimum Gasteiger partial charge on any atom is -0.349 e. The third-order valence-corrected chi connectivity index (χ3v) is 3.72. The molecule has 1 amide bonds. The highest BCUT2D eigenvalue weighted by Crippen LogP contribution is 2.19. The molecular formula is C15H22N2O. The highest BCUT2D eigenvalue weighted by Gasteiger charge is 2.22. The molecule has 0 unspecified atom stereocenters. The van der Waals surface area contributed by atoms with Crippen molar-refractivity contribution >= 4 is 5.91 Å². The van der Waals surface area contributed by atoms with Crippen molar-refractivity contribution < 1.29 is 4.79 Å². The van der Waals surface area contributed by atoms with E-state index >= 15 is 0 Å². The Balaban J connectivity index is 1.96. The van der Waals surface area contributed by atoms with Crippen LogP contribution in [0.5, 0.6) is 0 Å². The van der Waals surface area contributed by atoms with Gasteiger partial charge < -0.3 is 10.6 Å². The van der Waals surface area contributed by atoms with E-state index in [0.29, 0.717) is 0 Å². The van der Waals surface area contributed by atoms with Gasteiger partial charge in [-0.1, -0.05) is 24.3 Å². The van der Waals surface area contributed by atoms with Gasteiger partial charge in [0.1, 0.15) is 0 Å². The quantitative estimate of drug-likeness (QED) is 0.858. The van der Waals surface area contributed by atoms with E-state index in [-0.39, 0.29) is 17.9 Å². The first-order valence-electron chi connectivity index (χ1n) is 6.75. The smallest absolute Gasteiger partial charge is 0.223 e. The van der Waals surface area contributed by atoms with Crippen molar-refractivity contribution in [2.45, 2.75) is 32.7 Å². The molecule has 0 aliphatic carbocycles. The molecule has 2 N–H and O–H groups in total. The molecule has 0 bridgehead atoms. The molecule has 1 aromatic carbocycles. The second kappa shape index (κ2) is 6.01. The van der Waals surface area contributed by atoms with Crippen molar-refractivity contribution in [2.75, 3.05) is 13.1 Å². The number of nitrogens with one attached hydrogen (secondary N) is 2. The van der Waals surface area contributed by atoms with Crippen LogP contribution in [-0.2, 0) is 4.79 Å². The van der Waals surface area contributed by atoms with Crippen LogP contribution in [-0.4, -0.2) is 19.0 Å². The minimum atomic E-state index is 0.0913. The van der Waals surface area contributed by atoms with E-state index in [2.05, 4.69) is 36.6 Å². The van der Waals surface area contributed by atoms with Crippen molar-refractivity contribution in [3.8, 4) is 0 Å². The third-order valence-electron chi connectivity index (χ3n) is 3.72. The normalized spacial score (nSPS) is 18.3. The Morgan fingerprint density at radius 2 is 2.00 bits per heavy atom. The number of benzene rings is 1. The molecule has 0 radical (unpaired) electrons. The Bertz CT molecular complexity index is 411. The van der Waals surface area contributed by atoms with Crippen molar-refractivity contribution in [3.05, 3.63) is 35.4 Å². The highest BCUT2D eigenvalue weighted by atomic mass is 16.1. The Morgan fingerprint density at radius 3 is 2.67 bits per heavy atom. The van der Waals surface area contributed by atoms with Crippen LogP contribution >= 0.6 is 0 Å². The Hall–Kier alpha value is -1.35. The lowest BCUT2D eigenvalue weighted by atomic mass is 9.96. The molecule has 1 aliphatic heterocycles. The van der Waals surface area contributed by atoms with Crippen LogP contribution in [0.15, 0.2) is 24.3 Å². The van der Waals surface area contributed by atoms with E-state index in [0.717, 1.165) is 25.9 Å². The molecule has 1 aromatic rings. The van der Waals surface area contributed by atoms with Crippen LogP contribution < -0.4 is 10.6 Å². The summed E-state index contributed by atoms with van der Waals surface area (Å²) in [6.45, 7) is 6.05. The highest BCUT2D eigenvalue weighted by molar-refractivity contribution is 5.79. The summed E-state index contributed by atoms with van der Waals surface area (Å²) in [4.78, 5) is 12.2. The lowest BCUT2D eigenvalue weighted by Gasteiger charge is -2.24. The third kappa shape index (κ3) is 3.10. The molecule has 1 atom stereocenters. The predicted octanol–water partition coefficient (Wildman–Crippen LogP) is 2.17. The summed E-state index contributed by atoms with van der Waals surface area (Å²) in [6.07, 6.45) is 1.90. The van der Waals surface area contributed by atoms with Gasteiger partial charge in [-0.3, -0.25) is 4.79 Å². The average Bonchev–Trinajstić information content (AvgIpc) is 2.40. The first-order valence-corrected chi connectivity index (χ1v) is 6.75. The summed E-state index contributed by atoms with van der Waals surface area (Å²) in [5, 5.41) is 6.42. The molecule has 0 spiro atoms. The fourth-order valence-corrected chi connectivity index (χ4v) is 2.57. The van der Waals surface area contributed by atoms with Crippen molar-refractivity contribution in [3.63, 3.8) is 0 Å². The maximum Gasteiger partial charge on any atom is 0.223 e. The molecule has 3 nitrogen and oxygen atoms in total. The van der Waals surface area contributed by atoms with E-state index in [4.69, 9.17) is 0 Å². The summed E-state index contributed by atoms with van der Waals surface area (Å²) in [7, 11) is 0. The van der Waals surface area contributed by atoms with E-state index < -0.39 is 0 Å². The van der Waals surface area contributed by atoms with Crippen LogP contribution in [0.3, 0.4) is 0 Å². The number of carbonyl (C=O) groups is 1. The number of hydrogen-bond donors (Lipinski definition) is 2. The van der Waals surface area contributed by atoms with E-state index in [1.165, 1.54) is 11.1 Å². The van der Waals surface area contributed by atoms with Gasteiger partial charge in [-0.05, 0) is 50.9 Å². The Labute approximate surface area is 109 Å². The number of piperidine rings is 1. The fraction of sp³-hybridized carbons (Fsp3) is 0.533. The molecule has 1 heterocycles. The number of carbonyl (C=O) groups excluding carboxylic acids is 1. The van der Waals surface area contributed by atoms with Gasteiger partial charge in [0.25, 0.3) is 0 Å². The molecule has 2 rings (SSSR count). The van der Waals surface area contributed by atoms with E-state index in [1.807, 2.05) is 12.1 Å². The second-order valence-corrected chi connectivity index (χ2v) is 5.11. The summed E-state index contributed by atoms with van der Waals surface area (Å²) < 4.78 is 0. The molecule has 1 fully saturated rings. The number of amides is 1. The summed E-state index contributed by atoms with van der Waals surface area (Å²) in [5.41, 5.74) is 2.44. The lowest BCUT2D eigenvalue weighted by Crippen LogP contribution is -2.39. The van der Waals surface area contributed by atoms with Gasteiger partial charge in [0.2, 0.25) is 5.91 Å². The zero-order valence-corrected chi connectivity index (χ0v) is 11.2. The first kappa shape index (κ1) is 13.1. The summed E-state index contributed by atoms with van der Waals surface area (Å²) in [6, 6.07) is 8.31. The lowest BCUT2D eigenvalue weighted by molar-refractivity contribution is -0.126. The van der Waals surface area contributed by atoms with Gasteiger partial charge in [0, 0.05) is 5.92 Å². The zero-order valence-electron chi connectivity index (χ0n) is 11.2. The average molecular weight is 246 g/mol. The Morgan fingerprint density at radius 1 is 1.33 bits per heavy atom. The van der Waals surface area contributed by atoms with Gasteiger partial charge in [0.05, 0.1) is 6.04 Å². The SMILES string of the molecule is Cc1ccccc1[C@@H](C)NC(=O)C1CCNCC1. The summed E-state index contributed by atoms with van der Waals surface area (Å²) >= 11 is 0. The second-order valence-electron chi connectivity index (χ2n) is 5.11.